The van der Waals surface area contributed by atoms with Crippen molar-refractivity contribution < 1.29 is 14.4 Å². The second-order valence-corrected chi connectivity index (χ2v) is 5.91. The van der Waals surface area contributed by atoms with Crippen molar-refractivity contribution in [3.05, 3.63) is 29.8 Å². The summed E-state index contributed by atoms with van der Waals surface area (Å²) in [6, 6.07) is 7.00. The first-order valence-corrected chi connectivity index (χ1v) is 7.98. The fourth-order valence-electron chi connectivity index (χ4n) is 2.15. The van der Waals surface area contributed by atoms with Crippen molar-refractivity contribution >= 4 is 23.5 Å². The van der Waals surface area contributed by atoms with Crippen LogP contribution in [0, 0.1) is 0 Å². The predicted molar refractivity (Wildman–Crippen MR) is 93.8 cm³/mol. The summed E-state index contributed by atoms with van der Waals surface area (Å²) in [4.78, 5) is 36.8. The highest BCUT2D eigenvalue weighted by molar-refractivity contribution is 5.96. The summed E-state index contributed by atoms with van der Waals surface area (Å²) in [5.74, 6) is -0.671. The van der Waals surface area contributed by atoms with Crippen LogP contribution in [0.5, 0.6) is 0 Å². The van der Waals surface area contributed by atoms with Crippen molar-refractivity contribution in [3.8, 4) is 0 Å². The molecule has 0 saturated carbocycles. The second kappa shape index (κ2) is 9.67. The van der Waals surface area contributed by atoms with Gasteiger partial charge in [-0.1, -0.05) is 25.1 Å². The molecular weight excluding hydrogens is 308 g/mol. The fraction of sp³-hybridized carbons (Fsp3) is 0.471. The molecule has 4 amide bonds. The monoisotopic (exact) mass is 334 g/mol. The van der Waals surface area contributed by atoms with E-state index in [9.17, 15) is 14.4 Å². The number of nitrogens with zero attached hydrogens (tertiary/aromatic N) is 1. The normalized spacial score (nSPS) is 10.6. The molecule has 0 saturated heterocycles. The summed E-state index contributed by atoms with van der Waals surface area (Å²) in [7, 11) is 1.64. The molecule has 0 radical (unpaired) electrons. The molecule has 1 aromatic rings. The number of carbonyl (C=O) groups is 3. The first-order valence-electron chi connectivity index (χ1n) is 7.98. The number of likely N-dealkylation sites (N-methyl/N-ethyl adjacent to an activating group) is 1. The largest absolute Gasteiger partial charge is 0.336 e. The van der Waals surface area contributed by atoms with Crippen LogP contribution in [0.15, 0.2) is 24.3 Å². The Bertz CT molecular complexity index is 587. The number of urea groups is 1. The molecule has 0 aliphatic carbocycles. The molecule has 0 unspecified atom stereocenters. The number of hydrogen-bond acceptors (Lipinski definition) is 4. The van der Waals surface area contributed by atoms with Gasteiger partial charge in [0, 0.05) is 11.7 Å². The topological polar surface area (TPSA) is 90.5 Å². The van der Waals surface area contributed by atoms with E-state index in [-0.39, 0.29) is 25.0 Å². The van der Waals surface area contributed by atoms with Crippen molar-refractivity contribution in [1.29, 1.82) is 0 Å². The van der Waals surface area contributed by atoms with Crippen LogP contribution in [0.2, 0.25) is 0 Å². The van der Waals surface area contributed by atoms with Gasteiger partial charge in [0.1, 0.15) is 0 Å². The molecular formula is C17H26N4O3. The summed E-state index contributed by atoms with van der Waals surface area (Å²) in [6.45, 7) is 5.62. The number of rotatable bonds is 7. The highest BCUT2D eigenvalue weighted by Gasteiger charge is 2.14. The van der Waals surface area contributed by atoms with Gasteiger partial charge in [-0.15, -0.1) is 0 Å². The highest BCUT2D eigenvalue weighted by atomic mass is 16.2. The van der Waals surface area contributed by atoms with E-state index in [1.165, 1.54) is 0 Å². The van der Waals surface area contributed by atoms with E-state index >= 15 is 0 Å². The van der Waals surface area contributed by atoms with Crippen LogP contribution >= 0.6 is 0 Å². The highest BCUT2D eigenvalue weighted by Crippen LogP contribution is 2.15. The van der Waals surface area contributed by atoms with Gasteiger partial charge in [0.25, 0.3) is 0 Å². The number of hydrogen-bond donors (Lipinski definition) is 3. The van der Waals surface area contributed by atoms with E-state index in [0.717, 1.165) is 17.7 Å². The van der Waals surface area contributed by atoms with Crippen molar-refractivity contribution in [2.45, 2.75) is 33.2 Å². The van der Waals surface area contributed by atoms with E-state index in [2.05, 4.69) is 16.0 Å². The van der Waals surface area contributed by atoms with Crippen molar-refractivity contribution in [2.75, 3.05) is 25.5 Å². The lowest BCUT2D eigenvalue weighted by Gasteiger charge is -2.17. The first-order chi connectivity index (χ1) is 11.3. The van der Waals surface area contributed by atoms with E-state index < -0.39 is 11.9 Å². The Hall–Kier alpha value is -2.41. The molecule has 0 heterocycles. The van der Waals surface area contributed by atoms with E-state index in [0.29, 0.717) is 0 Å². The van der Waals surface area contributed by atoms with Crippen LogP contribution < -0.4 is 16.0 Å². The minimum absolute atomic E-state index is 0.0473. The summed E-state index contributed by atoms with van der Waals surface area (Å²) >= 11 is 0. The number of para-hydroxylation sites is 1. The molecule has 0 aliphatic rings. The Kier molecular flexibility index (Phi) is 7.91. The second-order valence-electron chi connectivity index (χ2n) is 5.91. The third kappa shape index (κ3) is 7.23. The Balaban J connectivity index is 2.44. The molecule has 0 spiro atoms. The lowest BCUT2D eigenvalue weighted by Crippen LogP contribution is -2.46. The Morgan fingerprint density at radius 3 is 2.33 bits per heavy atom. The van der Waals surface area contributed by atoms with Crippen LogP contribution in [0.3, 0.4) is 0 Å². The number of carbonyl (C=O) groups excluding carboxylic acids is 3. The summed E-state index contributed by atoms with van der Waals surface area (Å²) in [5.41, 5.74) is 1.83. The number of benzene rings is 1. The molecule has 132 valence electrons. The van der Waals surface area contributed by atoms with E-state index in [1.807, 2.05) is 31.2 Å². The van der Waals surface area contributed by atoms with Crippen LogP contribution in [-0.2, 0) is 16.0 Å². The van der Waals surface area contributed by atoms with Gasteiger partial charge in [0.05, 0.1) is 13.1 Å². The molecule has 7 nitrogen and oxygen atoms in total. The zero-order chi connectivity index (χ0) is 18.1. The van der Waals surface area contributed by atoms with Gasteiger partial charge >= 0.3 is 6.03 Å². The maximum Gasteiger partial charge on any atom is 0.321 e. The van der Waals surface area contributed by atoms with Crippen LogP contribution in [0.25, 0.3) is 0 Å². The van der Waals surface area contributed by atoms with Gasteiger partial charge in [-0.05, 0) is 38.9 Å². The van der Waals surface area contributed by atoms with E-state index in [4.69, 9.17) is 0 Å². The number of anilines is 1. The zero-order valence-corrected chi connectivity index (χ0v) is 14.7. The number of nitrogens with one attached hydrogen (secondary N) is 3. The fourth-order valence-corrected chi connectivity index (χ4v) is 2.15. The number of amides is 4. The third-order valence-corrected chi connectivity index (χ3v) is 3.17. The lowest BCUT2D eigenvalue weighted by atomic mass is 10.1. The molecule has 0 bridgehead atoms. The average molecular weight is 334 g/mol. The van der Waals surface area contributed by atoms with Crippen LogP contribution in [-0.4, -0.2) is 48.9 Å². The minimum atomic E-state index is -0.537. The lowest BCUT2D eigenvalue weighted by molar-refractivity contribution is -0.122. The maximum absolute atomic E-state index is 12.1. The molecule has 1 rings (SSSR count). The quantitative estimate of drug-likeness (QED) is 0.702. The molecule has 0 aliphatic heterocycles. The summed E-state index contributed by atoms with van der Waals surface area (Å²) in [5, 5.41) is 7.63. The van der Waals surface area contributed by atoms with Gasteiger partial charge in [-0.25, -0.2) is 4.79 Å². The van der Waals surface area contributed by atoms with Gasteiger partial charge in [0.15, 0.2) is 0 Å². The Labute approximate surface area is 142 Å². The van der Waals surface area contributed by atoms with Gasteiger partial charge in [-0.2, -0.15) is 0 Å². The van der Waals surface area contributed by atoms with Gasteiger partial charge < -0.3 is 10.6 Å². The molecule has 24 heavy (non-hydrogen) atoms. The maximum atomic E-state index is 12.1. The average Bonchev–Trinajstić information content (AvgIpc) is 2.45. The standard InChI is InChI=1S/C17H26N4O3/c1-5-13-8-6-7-9-14(13)19-15(22)10-21(4)11-16(23)20-17(24)18-12(2)3/h6-9,12H,5,10-11H2,1-4H3,(H,19,22)(H2,18,20,23,24). The van der Waals surface area contributed by atoms with Gasteiger partial charge in [0.2, 0.25) is 11.8 Å². The number of imide groups is 1. The molecule has 0 aromatic heterocycles. The van der Waals surface area contributed by atoms with Crippen molar-refractivity contribution in [3.63, 3.8) is 0 Å². The Morgan fingerprint density at radius 1 is 1.08 bits per heavy atom. The van der Waals surface area contributed by atoms with Crippen LogP contribution in [0.1, 0.15) is 26.3 Å². The smallest absolute Gasteiger partial charge is 0.321 e. The summed E-state index contributed by atoms with van der Waals surface area (Å²) < 4.78 is 0. The SMILES string of the molecule is CCc1ccccc1NC(=O)CN(C)CC(=O)NC(=O)NC(C)C. The van der Waals surface area contributed by atoms with E-state index in [1.54, 1.807) is 25.8 Å². The summed E-state index contributed by atoms with van der Waals surface area (Å²) in [6.07, 6.45) is 0.819. The Morgan fingerprint density at radius 2 is 1.71 bits per heavy atom. The molecule has 7 heteroatoms. The zero-order valence-electron chi connectivity index (χ0n) is 14.7. The molecule has 3 N–H and O–H groups in total. The van der Waals surface area contributed by atoms with Crippen molar-refractivity contribution in [1.82, 2.24) is 15.5 Å². The van der Waals surface area contributed by atoms with Crippen LogP contribution in [0.4, 0.5) is 10.5 Å². The minimum Gasteiger partial charge on any atom is -0.336 e. The third-order valence-electron chi connectivity index (χ3n) is 3.17. The predicted octanol–water partition coefficient (Wildman–Crippen LogP) is 1.35. The first kappa shape index (κ1) is 19.6. The number of aryl methyl sites for hydroxylation is 1. The molecule has 0 fully saturated rings. The van der Waals surface area contributed by atoms with Gasteiger partial charge in [-0.3, -0.25) is 19.8 Å². The van der Waals surface area contributed by atoms with Crippen molar-refractivity contribution in [2.24, 2.45) is 0 Å². The molecule has 1 aromatic carbocycles. The molecule has 0 atom stereocenters.